The van der Waals surface area contributed by atoms with Crippen LogP contribution >= 0.6 is 0 Å². The number of anilines is 3. The monoisotopic (exact) mass is 381 g/mol. The van der Waals surface area contributed by atoms with E-state index >= 15 is 0 Å². The Morgan fingerprint density at radius 2 is 1.64 bits per heavy atom. The van der Waals surface area contributed by atoms with Crippen molar-refractivity contribution in [2.45, 2.75) is 0 Å². The Morgan fingerprint density at radius 3 is 2.36 bits per heavy atom. The van der Waals surface area contributed by atoms with Gasteiger partial charge in [0, 0.05) is 43.9 Å². The van der Waals surface area contributed by atoms with Crippen LogP contribution in [0.2, 0.25) is 0 Å². The quantitative estimate of drug-likeness (QED) is 0.742. The molecule has 4 rings (SSSR count). The molecule has 1 aromatic heterocycles. The highest BCUT2D eigenvalue weighted by Crippen LogP contribution is 2.26. The van der Waals surface area contributed by atoms with Crippen molar-refractivity contribution >= 4 is 17.5 Å². The number of hydrogen-bond donors (Lipinski definition) is 1. The number of aromatic nitrogens is 2. The van der Waals surface area contributed by atoms with Crippen molar-refractivity contribution in [2.75, 3.05) is 43.4 Å². The number of likely N-dealkylation sites (N-methyl/N-ethyl adjacent to an activating group) is 1. The Bertz CT molecular complexity index is 956. The van der Waals surface area contributed by atoms with Gasteiger partial charge in [-0.3, -0.25) is 0 Å². The van der Waals surface area contributed by atoms with Crippen LogP contribution in [0.25, 0.3) is 11.3 Å². The summed E-state index contributed by atoms with van der Waals surface area (Å²) in [6, 6.07) is 15.1. The van der Waals surface area contributed by atoms with Crippen molar-refractivity contribution in [3.63, 3.8) is 0 Å². The van der Waals surface area contributed by atoms with Crippen molar-refractivity contribution in [1.82, 2.24) is 14.9 Å². The Hall–Kier alpha value is -3.06. The van der Waals surface area contributed by atoms with E-state index in [9.17, 15) is 8.78 Å². The molecule has 1 N–H and O–H groups in total. The molecule has 7 heteroatoms. The van der Waals surface area contributed by atoms with Crippen molar-refractivity contribution in [3.05, 3.63) is 66.2 Å². The molecule has 0 amide bonds. The zero-order valence-corrected chi connectivity index (χ0v) is 15.6. The Kier molecular flexibility index (Phi) is 5.16. The van der Waals surface area contributed by atoms with Gasteiger partial charge in [-0.15, -0.1) is 0 Å². The largest absolute Gasteiger partial charge is 0.354 e. The third-order valence-electron chi connectivity index (χ3n) is 4.79. The molecule has 0 spiro atoms. The predicted molar refractivity (Wildman–Crippen MR) is 107 cm³/mol. The molecule has 1 fully saturated rings. The molecular weight excluding hydrogens is 360 g/mol. The van der Waals surface area contributed by atoms with Crippen LogP contribution in [0, 0.1) is 11.6 Å². The fraction of sp³-hybridized carbons (Fsp3) is 0.238. The lowest BCUT2D eigenvalue weighted by molar-refractivity contribution is 0.312. The second-order valence-corrected chi connectivity index (χ2v) is 6.84. The number of rotatable bonds is 4. The summed E-state index contributed by atoms with van der Waals surface area (Å²) in [7, 11) is 2.09. The summed E-state index contributed by atoms with van der Waals surface area (Å²) in [5.74, 6) is -0.247. The lowest BCUT2D eigenvalue weighted by Crippen LogP contribution is -2.44. The molecule has 3 aromatic rings. The van der Waals surface area contributed by atoms with Crippen molar-refractivity contribution in [1.29, 1.82) is 0 Å². The first kappa shape index (κ1) is 18.3. The summed E-state index contributed by atoms with van der Waals surface area (Å²) in [4.78, 5) is 13.6. The zero-order chi connectivity index (χ0) is 19.5. The molecule has 1 aliphatic rings. The molecular formula is C21H21F2N5. The Balaban J connectivity index is 1.71. The minimum Gasteiger partial charge on any atom is -0.354 e. The van der Waals surface area contributed by atoms with E-state index in [0.29, 0.717) is 0 Å². The number of nitrogens with one attached hydrogen (secondary N) is 1. The molecule has 2 heterocycles. The number of hydrogen-bond acceptors (Lipinski definition) is 5. The third kappa shape index (κ3) is 4.09. The van der Waals surface area contributed by atoms with Crippen LogP contribution in [0.1, 0.15) is 0 Å². The summed E-state index contributed by atoms with van der Waals surface area (Å²) in [5, 5.41) is 2.90. The number of piperazine rings is 1. The van der Waals surface area contributed by atoms with Crippen molar-refractivity contribution in [3.8, 4) is 11.3 Å². The molecule has 1 aliphatic heterocycles. The maximum absolute atomic E-state index is 14.1. The van der Waals surface area contributed by atoms with Gasteiger partial charge in [-0.05, 0) is 19.2 Å². The summed E-state index contributed by atoms with van der Waals surface area (Å²) >= 11 is 0. The van der Waals surface area contributed by atoms with Crippen molar-refractivity contribution < 1.29 is 8.78 Å². The Morgan fingerprint density at radius 1 is 0.893 bits per heavy atom. The minimum absolute atomic E-state index is 0.135. The van der Waals surface area contributed by atoms with Crippen LogP contribution in [0.3, 0.4) is 0 Å². The van der Waals surface area contributed by atoms with Crippen molar-refractivity contribution in [2.24, 2.45) is 0 Å². The number of halogens is 2. The topological polar surface area (TPSA) is 44.3 Å². The average molecular weight is 381 g/mol. The first-order valence-electron chi connectivity index (χ1n) is 9.18. The maximum Gasteiger partial charge on any atom is 0.229 e. The number of nitrogens with zero attached hydrogens (tertiary/aromatic N) is 4. The van der Waals surface area contributed by atoms with Gasteiger partial charge in [0.15, 0.2) is 0 Å². The van der Waals surface area contributed by atoms with Crippen LogP contribution in [0.5, 0.6) is 0 Å². The van der Waals surface area contributed by atoms with Crippen LogP contribution < -0.4 is 10.2 Å². The molecule has 2 aromatic carbocycles. The highest BCUT2D eigenvalue weighted by molar-refractivity contribution is 5.66. The van der Waals surface area contributed by atoms with E-state index in [1.54, 1.807) is 0 Å². The van der Waals surface area contributed by atoms with E-state index in [1.807, 2.05) is 36.4 Å². The lowest BCUT2D eigenvalue weighted by atomic mass is 10.1. The van der Waals surface area contributed by atoms with Gasteiger partial charge in [-0.25, -0.2) is 13.8 Å². The van der Waals surface area contributed by atoms with E-state index in [0.717, 1.165) is 49.3 Å². The fourth-order valence-electron chi connectivity index (χ4n) is 3.16. The van der Waals surface area contributed by atoms with Gasteiger partial charge in [0.1, 0.15) is 17.5 Å². The third-order valence-corrected chi connectivity index (χ3v) is 4.79. The van der Waals surface area contributed by atoms with Gasteiger partial charge in [0.2, 0.25) is 5.95 Å². The molecule has 0 unspecified atom stereocenters. The molecule has 0 radical (unpaired) electrons. The standard InChI is InChI=1S/C21H21F2N5/c1-27-9-11-28(12-10-27)20-14-19(15-5-3-2-4-6-15)25-21(26-20)24-18-8-7-16(22)13-17(18)23/h2-8,13-14H,9-12H2,1H3,(H,24,25,26). The van der Waals surface area contributed by atoms with Gasteiger partial charge in [0.05, 0.1) is 11.4 Å². The molecule has 0 saturated carbocycles. The van der Waals surface area contributed by atoms with Crippen LogP contribution in [0.4, 0.5) is 26.2 Å². The van der Waals surface area contributed by atoms with E-state index in [4.69, 9.17) is 0 Å². The summed E-state index contributed by atoms with van der Waals surface area (Å²) in [6.07, 6.45) is 0. The lowest BCUT2D eigenvalue weighted by Gasteiger charge is -2.33. The first-order valence-corrected chi connectivity index (χ1v) is 9.18. The fourth-order valence-corrected chi connectivity index (χ4v) is 3.16. The molecule has 5 nitrogen and oxygen atoms in total. The van der Waals surface area contributed by atoms with Crippen LogP contribution in [-0.4, -0.2) is 48.1 Å². The number of benzene rings is 2. The summed E-state index contributed by atoms with van der Waals surface area (Å²) in [6.45, 7) is 3.60. The molecule has 0 aliphatic carbocycles. The second kappa shape index (κ2) is 7.90. The molecule has 28 heavy (non-hydrogen) atoms. The SMILES string of the molecule is CN1CCN(c2cc(-c3ccccc3)nc(Nc3ccc(F)cc3F)n2)CC1. The van der Waals surface area contributed by atoms with Crippen LogP contribution in [0.15, 0.2) is 54.6 Å². The van der Waals surface area contributed by atoms with E-state index in [2.05, 4.69) is 32.1 Å². The molecule has 1 saturated heterocycles. The van der Waals surface area contributed by atoms with Gasteiger partial charge in [0.25, 0.3) is 0 Å². The molecule has 144 valence electrons. The van der Waals surface area contributed by atoms with Crippen LogP contribution in [-0.2, 0) is 0 Å². The Labute approximate surface area is 162 Å². The minimum atomic E-state index is -0.685. The van der Waals surface area contributed by atoms with E-state index in [-0.39, 0.29) is 11.6 Å². The van der Waals surface area contributed by atoms with Gasteiger partial charge in [-0.2, -0.15) is 4.98 Å². The van der Waals surface area contributed by atoms with Gasteiger partial charge < -0.3 is 15.1 Å². The normalized spacial score (nSPS) is 14.9. The van der Waals surface area contributed by atoms with E-state index in [1.165, 1.54) is 12.1 Å². The average Bonchev–Trinajstić information content (AvgIpc) is 2.71. The van der Waals surface area contributed by atoms with E-state index < -0.39 is 11.6 Å². The molecule has 0 bridgehead atoms. The zero-order valence-electron chi connectivity index (χ0n) is 15.6. The first-order chi connectivity index (χ1) is 13.6. The summed E-state index contributed by atoms with van der Waals surface area (Å²) < 4.78 is 27.3. The predicted octanol–water partition coefficient (Wildman–Crippen LogP) is 3.92. The van der Waals surface area contributed by atoms with Gasteiger partial charge in [-0.1, -0.05) is 30.3 Å². The van der Waals surface area contributed by atoms with Gasteiger partial charge >= 0.3 is 0 Å². The molecule has 0 atom stereocenters. The second-order valence-electron chi connectivity index (χ2n) is 6.84. The summed E-state index contributed by atoms with van der Waals surface area (Å²) in [5.41, 5.74) is 1.83. The smallest absolute Gasteiger partial charge is 0.229 e. The highest BCUT2D eigenvalue weighted by atomic mass is 19.1. The maximum atomic E-state index is 14.1. The highest BCUT2D eigenvalue weighted by Gasteiger charge is 2.18.